The van der Waals surface area contributed by atoms with Crippen LogP contribution in [0.3, 0.4) is 0 Å². The van der Waals surface area contributed by atoms with Crippen molar-refractivity contribution in [1.82, 2.24) is 0 Å². The zero-order chi connectivity index (χ0) is 13.0. The maximum absolute atomic E-state index is 11.8. The number of Topliss-reactive ketones (excluding diaryl/α,β-unsaturated/α-hetero) is 1. The number of ketones is 1. The van der Waals surface area contributed by atoms with E-state index in [1.54, 1.807) is 0 Å². The molecule has 1 aromatic rings. The molecule has 1 aliphatic rings. The van der Waals surface area contributed by atoms with Crippen LogP contribution in [-0.4, -0.2) is 12.4 Å². The zero-order valence-electron chi connectivity index (χ0n) is 11.4. The summed E-state index contributed by atoms with van der Waals surface area (Å²) in [6, 6.07) is 5.98. The Labute approximate surface area is 109 Å². The highest BCUT2D eigenvalue weighted by molar-refractivity contribution is 5.98. The molecule has 98 valence electrons. The fourth-order valence-electron chi connectivity index (χ4n) is 2.44. The van der Waals surface area contributed by atoms with E-state index in [0.717, 1.165) is 43.6 Å². The largest absolute Gasteiger partial charge is 0.493 e. The van der Waals surface area contributed by atoms with Gasteiger partial charge in [0, 0.05) is 12.0 Å². The summed E-state index contributed by atoms with van der Waals surface area (Å²) in [5.41, 5.74) is 2.06. The number of carbonyl (C=O) groups is 1. The average molecular weight is 246 g/mol. The Hall–Kier alpha value is -1.31. The first kappa shape index (κ1) is 13.1. The van der Waals surface area contributed by atoms with Crippen molar-refractivity contribution in [2.75, 3.05) is 6.61 Å². The minimum absolute atomic E-state index is 0.268. The molecule has 2 rings (SSSR count). The smallest absolute Gasteiger partial charge is 0.163 e. The van der Waals surface area contributed by atoms with Crippen molar-refractivity contribution in [3.63, 3.8) is 0 Å². The van der Waals surface area contributed by atoms with E-state index in [4.69, 9.17) is 4.74 Å². The Kier molecular flexibility index (Phi) is 4.40. The molecular formula is C16H22O2. The Morgan fingerprint density at radius 2 is 2.00 bits per heavy atom. The van der Waals surface area contributed by atoms with Crippen molar-refractivity contribution in [3.05, 3.63) is 29.3 Å². The molecule has 0 N–H and O–H groups in total. The second-order valence-corrected chi connectivity index (χ2v) is 5.09. The lowest BCUT2D eigenvalue weighted by atomic mass is 9.90. The first-order valence-electron chi connectivity index (χ1n) is 7.03. The molecular weight excluding hydrogens is 224 g/mol. The Morgan fingerprint density at radius 3 is 2.72 bits per heavy atom. The van der Waals surface area contributed by atoms with Gasteiger partial charge >= 0.3 is 0 Å². The molecule has 0 aliphatic heterocycles. The maximum Gasteiger partial charge on any atom is 0.163 e. The molecule has 2 heteroatoms. The predicted octanol–water partition coefficient (Wildman–Crippen LogP) is 4.02. The highest BCUT2D eigenvalue weighted by atomic mass is 16.5. The normalized spacial score (nSPS) is 14.7. The van der Waals surface area contributed by atoms with Gasteiger partial charge in [-0.1, -0.05) is 32.8 Å². The number of fused-ring (bicyclic) bond motifs is 1. The number of rotatable bonds is 5. The lowest BCUT2D eigenvalue weighted by Crippen LogP contribution is -2.13. The topological polar surface area (TPSA) is 26.3 Å². The Bertz CT molecular complexity index is 419. The summed E-state index contributed by atoms with van der Waals surface area (Å²) in [6.45, 7) is 5.13. The molecule has 0 spiro atoms. The van der Waals surface area contributed by atoms with E-state index in [9.17, 15) is 4.79 Å². The van der Waals surface area contributed by atoms with Gasteiger partial charge in [0.05, 0.1) is 6.61 Å². The van der Waals surface area contributed by atoms with Gasteiger partial charge in [-0.05, 0) is 36.5 Å². The minimum atomic E-state index is 0.268. The van der Waals surface area contributed by atoms with Crippen LogP contribution in [0.25, 0.3) is 0 Å². The zero-order valence-corrected chi connectivity index (χ0v) is 11.4. The first-order chi connectivity index (χ1) is 8.74. The molecule has 0 saturated heterocycles. The molecule has 2 nitrogen and oxygen atoms in total. The van der Waals surface area contributed by atoms with Gasteiger partial charge < -0.3 is 4.74 Å². The van der Waals surface area contributed by atoms with E-state index in [-0.39, 0.29) is 5.78 Å². The molecule has 0 heterocycles. The van der Waals surface area contributed by atoms with Gasteiger partial charge in [0.15, 0.2) is 5.78 Å². The summed E-state index contributed by atoms with van der Waals surface area (Å²) in [6.07, 6.45) is 4.97. The van der Waals surface area contributed by atoms with Crippen LogP contribution < -0.4 is 4.74 Å². The van der Waals surface area contributed by atoms with Gasteiger partial charge in [0.25, 0.3) is 0 Å². The number of hydrogen-bond acceptors (Lipinski definition) is 2. The lowest BCUT2D eigenvalue weighted by molar-refractivity contribution is 0.0972. The van der Waals surface area contributed by atoms with Gasteiger partial charge in [-0.25, -0.2) is 0 Å². The Balaban J connectivity index is 2.06. The second kappa shape index (κ2) is 6.03. The van der Waals surface area contributed by atoms with Crippen molar-refractivity contribution in [3.8, 4) is 5.75 Å². The molecule has 1 aromatic carbocycles. The molecule has 0 fully saturated rings. The maximum atomic E-state index is 11.8. The summed E-state index contributed by atoms with van der Waals surface area (Å²) in [7, 11) is 0. The molecule has 0 radical (unpaired) electrons. The standard InChI is InChI=1S/C16H22O2/c1-3-12(4-2)11-18-14-9-8-13-6-5-7-16(17)15(13)10-14/h8-10,12H,3-7,11H2,1-2H3. The fourth-order valence-corrected chi connectivity index (χ4v) is 2.44. The number of aryl methyl sites for hydroxylation is 1. The molecule has 0 atom stereocenters. The van der Waals surface area contributed by atoms with Crippen LogP contribution in [0.5, 0.6) is 5.75 Å². The van der Waals surface area contributed by atoms with Crippen LogP contribution in [0.4, 0.5) is 0 Å². The van der Waals surface area contributed by atoms with Crippen molar-refractivity contribution in [2.45, 2.75) is 46.0 Å². The monoisotopic (exact) mass is 246 g/mol. The van der Waals surface area contributed by atoms with E-state index in [0.29, 0.717) is 12.3 Å². The minimum Gasteiger partial charge on any atom is -0.493 e. The van der Waals surface area contributed by atoms with Gasteiger partial charge in [0.1, 0.15) is 5.75 Å². The first-order valence-corrected chi connectivity index (χ1v) is 7.03. The van der Waals surface area contributed by atoms with Crippen LogP contribution in [0.15, 0.2) is 18.2 Å². The van der Waals surface area contributed by atoms with Gasteiger partial charge in [0.2, 0.25) is 0 Å². The highest BCUT2D eigenvalue weighted by Crippen LogP contribution is 2.25. The SMILES string of the molecule is CCC(CC)COc1ccc2c(c1)C(=O)CCC2. The van der Waals surface area contributed by atoms with Crippen molar-refractivity contribution in [1.29, 1.82) is 0 Å². The number of carbonyl (C=O) groups excluding carboxylic acids is 1. The van der Waals surface area contributed by atoms with E-state index < -0.39 is 0 Å². The third kappa shape index (κ3) is 2.92. The number of ether oxygens (including phenoxy) is 1. The molecule has 0 unspecified atom stereocenters. The molecule has 18 heavy (non-hydrogen) atoms. The van der Waals surface area contributed by atoms with Crippen molar-refractivity contribution < 1.29 is 9.53 Å². The third-order valence-electron chi connectivity index (χ3n) is 3.87. The fraction of sp³-hybridized carbons (Fsp3) is 0.562. The highest BCUT2D eigenvalue weighted by Gasteiger charge is 2.17. The summed E-state index contributed by atoms with van der Waals surface area (Å²) >= 11 is 0. The second-order valence-electron chi connectivity index (χ2n) is 5.09. The quantitative estimate of drug-likeness (QED) is 0.784. The van der Waals surface area contributed by atoms with E-state index in [1.165, 1.54) is 5.56 Å². The number of hydrogen-bond donors (Lipinski definition) is 0. The molecule has 0 amide bonds. The van der Waals surface area contributed by atoms with Gasteiger partial charge in [-0.3, -0.25) is 4.79 Å². The molecule has 0 bridgehead atoms. The summed E-state index contributed by atoms with van der Waals surface area (Å²) < 4.78 is 5.81. The van der Waals surface area contributed by atoms with E-state index in [2.05, 4.69) is 19.9 Å². The van der Waals surface area contributed by atoms with Crippen LogP contribution >= 0.6 is 0 Å². The van der Waals surface area contributed by atoms with Gasteiger partial charge in [-0.2, -0.15) is 0 Å². The summed E-state index contributed by atoms with van der Waals surface area (Å²) in [5, 5.41) is 0. The predicted molar refractivity (Wildman–Crippen MR) is 73.3 cm³/mol. The van der Waals surface area contributed by atoms with Crippen molar-refractivity contribution >= 4 is 5.78 Å². The van der Waals surface area contributed by atoms with Crippen LogP contribution in [0.1, 0.15) is 55.5 Å². The van der Waals surface area contributed by atoms with Crippen molar-refractivity contribution in [2.24, 2.45) is 5.92 Å². The molecule has 0 saturated carbocycles. The van der Waals surface area contributed by atoms with Gasteiger partial charge in [-0.15, -0.1) is 0 Å². The third-order valence-corrected chi connectivity index (χ3v) is 3.87. The molecule has 0 aromatic heterocycles. The van der Waals surface area contributed by atoms with Crippen LogP contribution in [-0.2, 0) is 6.42 Å². The molecule has 1 aliphatic carbocycles. The Morgan fingerprint density at radius 1 is 1.22 bits per heavy atom. The summed E-state index contributed by atoms with van der Waals surface area (Å²) in [5.74, 6) is 1.72. The van der Waals surface area contributed by atoms with Crippen LogP contribution in [0, 0.1) is 5.92 Å². The van der Waals surface area contributed by atoms with E-state index >= 15 is 0 Å². The lowest BCUT2D eigenvalue weighted by Gasteiger charge is -2.17. The number of benzene rings is 1. The summed E-state index contributed by atoms with van der Waals surface area (Å²) in [4.78, 5) is 11.8. The van der Waals surface area contributed by atoms with E-state index in [1.807, 2.05) is 12.1 Å². The average Bonchev–Trinajstić information content (AvgIpc) is 2.41. The van der Waals surface area contributed by atoms with Crippen LogP contribution in [0.2, 0.25) is 0 Å².